The third-order valence-electron chi connectivity index (χ3n) is 3.74. The number of hydrogen-bond acceptors (Lipinski definition) is 1. The van der Waals surface area contributed by atoms with Gasteiger partial charge in [-0.15, -0.1) is 0 Å². The van der Waals surface area contributed by atoms with Crippen molar-refractivity contribution in [1.82, 2.24) is 0 Å². The van der Waals surface area contributed by atoms with E-state index in [9.17, 15) is 0 Å². The van der Waals surface area contributed by atoms with Gasteiger partial charge in [-0.3, -0.25) is 0 Å². The highest BCUT2D eigenvalue weighted by Crippen LogP contribution is 2.09. The molecule has 0 fully saturated rings. The minimum absolute atomic E-state index is 0.963. The first kappa shape index (κ1) is 17.2. The molecule has 0 aliphatic carbocycles. The van der Waals surface area contributed by atoms with E-state index >= 15 is 0 Å². The molecule has 0 spiro atoms. The normalized spacial score (nSPS) is 10.8. The zero-order valence-corrected chi connectivity index (χ0v) is 13.3. The molecule has 0 atom stereocenters. The highest BCUT2D eigenvalue weighted by Gasteiger charge is 1.94. The Balaban J connectivity index is 1.77. The molecule has 0 N–H and O–H groups in total. The third-order valence-corrected chi connectivity index (χ3v) is 3.74. The number of hydrogen-bond donors (Lipinski definition) is 0. The fraction of sp³-hybridized carbons (Fsp3) is 0.684. The van der Waals surface area contributed by atoms with Crippen LogP contribution in [0.25, 0.3) is 0 Å². The van der Waals surface area contributed by atoms with Gasteiger partial charge >= 0.3 is 0 Å². The molecule has 0 saturated carbocycles. The molecule has 0 unspecified atom stereocenters. The molecule has 1 aromatic rings. The molecule has 0 amide bonds. The lowest BCUT2D eigenvalue weighted by molar-refractivity contribution is 0.126. The van der Waals surface area contributed by atoms with Crippen LogP contribution in [-0.2, 0) is 11.2 Å². The van der Waals surface area contributed by atoms with Gasteiger partial charge < -0.3 is 4.74 Å². The second kappa shape index (κ2) is 13.2. The topological polar surface area (TPSA) is 9.23 Å². The molecule has 1 aromatic carbocycles. The van der Waals surface area contributed by atoms with Crippen molar-refractivity contribution in [3.63, 3.8) is 0 Å². The fourth-order valence-electron chi connectivity index (χ4n) is 2.44. The molecule has 1 rings (SSSR count). The summed E-state index contributed by atoms with van der Waals surface area (Å²) < 4.78 is 5.62. The van der Waals surface area contributed by atoms with Gasteiger partial charge in [0.2, 0.25) is 0 Å². The van der Waals surface area contributed by atoms with Crippen LogP contribution in [0.3, 0.4) is 0 Å². The highest BCUT2D eigenvalue weighted by atomic mass is 16.5. The van der Waals surface area contributed by atoms with E-state index in [1.165, 1.54) is 69.8 Å². The Hall–Kier alpha value is -0.820. The van der Waals surface area contributed by atoms with Crippen molar-refractivity contribution in [1.29, 1.82) is 0 Å². The molecule has 0 aliphatic rings. The van der Waals surface area contributed by atoms with Crippen molar-refractivity contribution in [2.24, 2.45) is 0 Å². The Morgan fingerprint density at radius 2 is 1.30 bits per heavy atom. The molecule has 1 heteroatoms. The van der Waals surface area contributed by atoms with Crippen LogP contribution < -0.4 is 0 Å². The van der Waals surface area contributed by atoms with Gasteiger partial charge in [0.05, 0.1) is 0 Å². The Bertz CT molecular complexity index is 294. The zero-order valence-electron chi connectivity index (χ0n) is 13.3. The number of unbranched alkanes of at least 4 members (excludes halogenated alkanes) is 7. The van der Waals surface area contributed by atoms with E-state index in [0.717, 1.165) is 13.2 Å². The maximum absolute atomic E-state index is 5.62. The molecule has 0 aliphatic heterocycles. The van der Waals surface area contributed by atoms with Crippen molar-refractivity contribution in [2.75, 3.05) is 13.2 Å². The van der Waals surface area contributed by atoms with Crippen molar-refractivity contribution >= 4 is 0 Å². The lowest BCUT2D eigenvalue weighted by atomic mass is 10.1. The molecular formula is C19H32O. The molecule has 20 heavy (non-hydrogen) atoms. The van der Waals surface area contributed by atoms with Gasteiger partial charge in [0.15, 0.2) is 0 Å². The average Bonchev–Trinajstić information content (AvgIpc) is 2.49. The molecule has 0 heterocycles. The summed E-state index contributed by atoms with van der Waals surface area (Å²) in [6.45, 7) is 4.16. The first-order valence-electron chi connectivity index (χ1n) is 8.55. The summed E-state index contributed by atoms with van der Waals surface area (Å²) in [5.74, 6) is 0. The zero-order chi connectivity index (χ0) is 14.3. The largest absolute Gasteiger partial charge is 0.381 e. The summed E-state index contributed by atoms with van der Waals surface area (Å²) in [5.41, 5.74) is 1.48. The minimum atomic E-state index is 0.963. The van der Waals surface area contributed by atoms with Crippen molar-refractivity contribution in [3.8, 4) is 0 Å². The second-order valence-corrected chi connectivity index (χ2v) is 5.68. The Morgan fingerprint density at radius 1 is 0.700 bits per heavy atom. The minimum Gasteiger partial charge on any atom is -0.381 e. The van der Waals surface area contributed by atoms with Crippen LogP contribution in [0.4, 0.5) is 0 Å². The van der Waals surface area contributed by atoms with Crippen molar-refractivity contribution < 1.29 is 4.74 Å². The van der Waals surface area contributed by atoms with Crippen LogP contribution in [0.5, 0.6) is 0 Å². The van der Waals surface area contributed by atoms with Crippen LogP contribution in [0.2, 0.25) is 0 Å². The summed E-state index contributed by atoms with van der Waals surface area (Å²) in [5, 5.41) is 0. The van der Waals surface area contributed by atoms with Gasteiger partial charge in [-0.2, -0.15) is 0 Å². The van der Waals surface area contributed by atoms with Gasteiger partial charge in [-0.05, 0) is 31.2 Å². The van der Waals surface area contributed by atoms with Gasteiger partial charge in [0.1, 0.15) is 0 Å². The lowest BCUT2D eigenvalue weighted by Crippen LogP contribution is -1.96. The molecule has 0 aromatic heterocycles. The van der Waals surface area contributed by atoms with Crippen LogP contribution >= 0.6 is 0 Å². The summed E-state index contributed by atoms with van der Waals surface area (Å²) in [7, 11) is 0. The number of benzene rings is 1. The highest BCUT2D eigenvalue weighted by molar-refractivity contribution is 5.14. The van der Waals surface area contributed by atoms with Crippen molar-refractivity contribution in [3.05, 3.63) is 35.9 Å². The van der Waals surface area contributed by atoms with Crippen LogP contribution in [0.15, 0.2) is 30.3 Å². The first-order chi connectivity index (χ1) is 9.93. The van der Waals surface area contributed by atoms with Gasteiger partial charge in [0.25, 0.3) is 0 Å². The smallest absolute Gasteiger partial charge is 0.0466 e. The summed E-state index contributed by atoms with van der Waals surface area (Å²) in [6.07, 6.45) is 13.1. The first-order valence-corrected chi connectivity index (χ1v) is 8.55. The van der Waals surface area contributed by atoms with E-state index in [2.05, 4.69) is 37.3 Å². The summed E-state index contributed by atoms with van der Waals surface area (Å²) in [4.78, 5) is 0. The summed E-state index contributed by atoms with van der Waals surface area (Å²) in [6, 6.07) is 10.8. The molecular weight excluding hydrogens is 244 g/mol. The van der Waals surface area contributed by atoms with Gasteiger partial charge in [0, 0.05) is 13.2 Å². The Morgan fingerprint density at radius 3 is 2.00 bits per heavy atom. The van der Waals surface area contributed by atoms with Crippen LogP contribution in [0, 0.1) is 0 Å². The fourth-order valence-corrected chi connectivity index (χ4v) is 2.44. The third kappa shape index (κ3) is 10.0. The van der Waals surface area contributed by atoms with E-state index in [-0.39, 0.29) is 0 Å². The predicted molar refractivity (Wildman–Crippen MR) is 88.2 cm³/mol. The van der Waals surface area contributed by atoms with E-state index < -0.39 is 0 Å². The number of ether oxygens (including phenoxy) is 1. The van der Waals surface area contributed by atoms with Gasteiger partial charge in [-0.1, -0.05) is 75.8 Å². The maximum atomic E-state index is 5.62. The van der Waals surface area contributed by atoms with Gasteiger partial charge in [-0.25, -0.2) is 0 Å². The standard InChI is InChI=1S/C19H32O/c1-2-3-12-17-20-18-13-7-5-4-6-9-14-19-15-10-8-11-16-19/h8,10-11,15-16H,2-7,9,12-14,17-18H2,1H3. The average molecular weight is 276 g/mol. The van der Waals surface area contributed by atoms with Crippen molar-refractivity contribution in [2.45, 2.75) is 71.1 Å². The van der Waals surface area contributed by atoms with E-state index in [0.29, 0.717) is 0 Å². The summed E-state index contributed by atoms with van der Waals surface area (Å²) >= 11 is 0. The van der Waals surface area contributed by atoms with Crippen LogP contribution in [-0.4, -0.2) is 13.2 Å². The quantitative estimate of drug-likeness (QED) is 0.415. The predicted octanol–water partition coefficient (Wildman–Crippen LogP) is 5.78. The number of rotatable bonds is 13. The number of aryl methyl sites for hydroxylation is 1. The molecule has 0 saturated heterocycles. The Labute approximate surface area is 125 Å². The van der Waals surface area contributed by atoms with Crippen LogP contribution in [0.1, 0.15) is 70.3 Å². The monoisotopic (exact) mass is 276 g/mol. The molecule has 1 nitrogen and oxygen atoms in total. The molecule has 0 radical (unpaired) electrons. The molecule has 114 valence electrons. The van der Waals surface area contributed by atoms with E-state index in [1.807, 2.05) is 0 Å². The SMILES string of the molecule is CCCCCOCCCCCCCCc1ccccc1. The Kier molecular flexibility index (Phi) is 11.4. The lowest BCUT2D eigenvalue weighted by Gasteiger charge is -2.04. The maximum Gasteiger partial charge on any atom is 0.0466 e. The van der Waals surface area contributed by atoms with E-state index in [4.69, 9.17) is 4.74 Å². The molecule has 0 bridgehead atoms. The van der Waals surface area contributed by atoms with E-state index in [1.54, 1.807) is 0 Å². The second-order valence-electron chi connectivity index (χ2n) is 5.68.